The van der Waals surface area contributed by atoms with Gasteiger partial charge in [-0.2, -0.15) is 0 Å². The maximum Gasteiger partial charge on any atom is 0.211 e. The molecule has 1 N–H and O–H groups in total. The van der Waals surface area contributed by atoms with Crippen molar-refractivity contribution in [2.45, 2.75) is 19.9 Å². The molecule has 0 bridgehead atoms. The van der Waals surface area contributed by atoms with Crippen LogP contribution in [0.15, 0.2) is 24.3 Å². The van der Waals surface area contributed by atoms with E-state index in [1.165, 1.54) is 0 Å². The molecule has 0 heterocycles. The molecule has 3 nitrogen and oxygen atoms in total. The van der Waals surface area contributed by atoms with Crippen molar-refractivity contribution in [1.29, 1.82) is 0 Å². The van der Waals surface area contributed by atoms with Gasteiger partial charge in [0.25, 0.3) is 0 Å². The van der Waals surface area contributed by atoms with Crippen LogP contribution >= 0.6 is 11.6 Å². The predicted octanol–water partition coefficient (Wildman–Crippen LogP) is 2.34. The van der Waals surface area contributed by atoms with Gasteiger partial charge in [0, 0.05) is 11.1 Å². The second kappa shape index (κ2) is 4.96. The Morgan fingerprint density at radius 1 is 1.33 bits per heavy atom. The first kappa shape index (κ1) is 12.5. The Morgan fingerprint density at radius 2 is 1.87 bits per heavy atom. The number of nitrogens with one attached hydrogen (secondary N) is 1. The normalized spacial score (nSPS) is 13.8. The van der Waals surface area contributed by atoms with Crippen molar-refractivity contribution < 1.29 is 8.42 Å². The van der Waals surface area contributed by atoms with Crippen LogP contribution in [0.2, 0.25) is 5.02 Å². The largest absolute Gasteiger partial charge is 0.212 e. The van der Waals surface area contributed by atoms with Crippen molar-refractivity contribution in [3.63, 3.8) is 0 Å². The number of benzene rings is 1. The number of hydrogen-bond acceptors (Lipinski definition) is 2. The maximum atomic E-state index is 11.3. The van der Waals surface area contributed by atoms with Crippen molar-refractivity contribution in [2.24, 2.45) is 0 Å². The summed E-state index contributed by atoms with van der Waals surface area (Å²) < 4.78 is 25.2. The lowest BCUT2D eigenvalue weighted by atomic mass is 10.1. The summed E-state index contributed by atoms with van der Waals surface area (Å²) in [6.07, 6.45) is 0. The highest BCUT2D eigenvalue weighted by Gasteiger charge is 2.12. The van der Waals surface area contributed by atoms with Crippen LogP contribution in [0.3, 0.4) is 0 Å². The summed E-state index contributed by atoms with van der Waals surface area (Å²) in [6, 6.07) is 6.88. The molecule has 0 fully saturated rings. The van der Waals surface area contributed by atoms with E-state index in [1.807, 2.05) is 12.1 Å². The number of rotatable bonds is 4. The number of sulfonamides is 1. The van der Waals surface area contributed by atoms with E-state index < -0.39 is 10.0 Å². The summed E-state index contributed by atoms with van der Waals surface area (Å²) in [6.45, 7) is 3.41. The topological polar surface area (TPSA) is 46.2 Å². The third-order valence-corrected chi connectivity index (χ3v) is 3.83. The van der Waals surface area contributed by atoms with Gasteiger partial charge in [-0.15, -0.1) is 0 Å². The van der Waals surface area contributed by atoms with Crippen molar-refractivity contribution in [3.8, 4) is 0 Å². The first-order valence-corrected chi connectivity index (χ1v) is 6.73. The first-order chi connectivity index (χ1) is 6.94. The monoisotopic (exact) mass is 247 g/mol. The molecule has 0 aromatic heterocycles. The fourth-order valence-electron chi connectivity index (χ4n) is 1.17. The minimum Gasteiger partial charge on any atom is -0.212 e. The highest BCUT2D eigenvalue weighted by molar-refractivity contribution is 7.89. The Bertz CT molecular complexity index is 414. The average Bonchev–Trinajstić information content (AvgIpc) is 2.18. The van der Waals surface area contributed by atoms with Gasteiger partial charge in [0.1, 0.15) is 0 Å². The van der Waals surface area contributed by atoms with E-state index in [-0.39, 0.29) is 11.8 Å². The minimum atomic E-state index is -3.16. The van der Waals surface area contributed by atoms with Crippen LogP contribution in [0.5, 0.6) is 0 Å². The van der Waals surface area contributed by atoms with Crippen LogP contribution in [-0.4, -0.2) is 14.2 Å². The Kier molecular flexibility index (Phi) is 4.13. The van der Waals surface area contributed by atoms with E-state index in [9.17, 15) is 8.42 Å². The Balaban J connectivity index is 2.78. The van der Waals surface area contributed by atoms with Crippen molar-refractivity contribution in [2.75, 3.05) is 5.75 Å². The summed E-state index contributed by atoms with van der Waals surface area (Å²) in [5.74, 6) is 0.0882. The summed E-state index contributed by atoms with van der Waals surface area (Å²) in [7, 11) is -3.16. The molecule has 0 unspecified atom stereocenters. The highest BCUT2D eigenvalue weighted by Crippen LogP contribution is 2.16. The lowest BCUT2D eigenvalue weighted by molar-refractivity contribution is 0.568. The average molecular weight is 248 g/mol. The Morgan fingerprint density at radius 3 is 2.33 bits per heavy atom. The van der Waals surface area contributed by atoms with Crippen LogP contribution < -0.4 is 4.72 Å². The van der Waals surface area contributed by atoms with Gasteiger partial charge < -0.3 is 0 Å². The first-order valence-electron chi connectivity index (χ1n) is 4.70. The minimum absolute atomic E-state index is 0.0882. The third kappa shape index (κ3) is 3.81. The predicted molar refractivity (Wildman–Crippen MR) is 62.5 cm³/mol. The van der Waals surface area contributed by atoms with Crippen LogP contribution in [0.4, 0.5) is 0 Å². The van der Waals surface area contributed by atoms with Crippen LogP contribution in [0.1, 0.15) is 25.5 Å². The number of hydrogen-bond donors (Lipinski definition) is 1. The maximum absolute atomic E-state index is 11.3. The van der Waals surface area contributed by atoms with Crippen molar-refractivity contribution in [1.82, 2.24) is 4.72 Å². The standard InChI is InChI=1S/C10H14ClNO2S/c1-3-15(13,14)12-8(2)9-4-6-10(11)7-5-9/h4-8,12H,3H2,1-2H3/t8-/m1/s1. The molecule has 15 heavy (non-hydrogen) atoms. The van der Waals surface area contributed by atoms with E-state index in [4.69, 9.17) is 11.6 Å². The molecule has 1 aromatic carbocycles. The lowest BCUT2D eigenvalue weighted by Gasteiger charge is -2.13. The molecule has 1 atom stereocenters. The molecule has 1 aromatic rings. The van der Waals surface area contributed by atoms with Gasteiger partial charge >= 0.3 is 0 Å². The molecule has 0 saturated carbocycles. The van der Waals surface area contributed by atoms with Crippen LogP contribution in [-0.2, 0) is 10.0 Å². The zero-order valence-corrected chi connectivity index (χ0v) is 10.3. The molecule has 0 aliphatic heterocycles. The zero-order chi connectivity index (χ0) is 11.5. The van der Waals surface area contributed by atoms with Crippen molar-refractivity contribution >= 4 is 21.6 Å². The van der Waals surface area contributed by atoms with E-state index in [0.29, 0.717) is 5.02 Å². The molecular formula is C10H14ClNO2S. The second-order valence-electron chi connectivity index (χ2n) is 3.29. The quantitative estimate of drug-likeness (QED) is 0.888. The van der Waals surface area contributed by atoms with Crippen LogP contribution in [0.25, 0.3) is 0 Å². The van der Waals surface area contributed by atoms with E-state index >= 15 is 0 Å². The third-order valence-electron chi connectivity index (χ3n) is 2.11. The molecule has 0 spiro atoms. The Labute approximate surface area is 95.5 Å². The summed E-state index contributed by atoms with van der Waals surface area (Å²) in [5, 5.41) is 0.643. The second-order valence-corrected chi connectivity index (χ2v) is 5.77. The van der Waals surface area contributed by atoms with Crippen LogP contribution in [0, 0.1) is 0 Å². The molecule has 0 aliphatic carbocycles. The smallest absolute Gasteiger partial charge is 0.211 e. The van der Waals surface area contributed by atoms with Gasteiger partial charge in [0.15, 0.2) is 0 Å². The van der Waals surface area contributed by atoms with Gasteiger partial charge in [-0.3, -0.25) is 0 Å². The van der Waals surface area contributed by atoms with E-state index in [0.717, 1.165) is 5.56 Å². The summed E-state index contributed by atoms with van der Waals surface area (Å²) >= 11 is 5.74. The van der Waals surface area contributed by atoms with Gasteiger partial charge in [-0.05, 0) is 31.5 Å². The fourth-order valence-corrected chi connectivity index (χ4v) is 2.14. The summed E-state index contributed by atoms with van der Waals surface area (Å²) in [5.41, 5.74) is 0.899. The molecule has 84 valence electrons. The molecule has 0 saturated heterocycles. The number of halogens is 1. The van der Waals surface area contributed by atoms with Gasteiger partial charge in [0.05, 0.1) is 5.75 Å². The molecule has 1 rings (SSSR count). The molecular weight excluding hydrogens is 234 g/mol. The fraction of sp³-hybridized carbons (Fsp3) is 0.400. The molecule has 5 heteroatoms. The Hall–Kier alpha value is -0.580. The summed E-state index contributed by atoms with van der Waals surface area (Å²) in [4.78, 5) is 0. The van der Waals surface area contributed by atoms with Gasteiger partial charge in [0.2, 0.25) is 10.0 Å². The zero-order valence-electron chi connectivity index (χ0n) is 8.70. The van der Waals surface area contributed by atoms with E-state index in [2.05, 4.69) is 4.72 Å². The molecule has 0 radical (unpaired) electrons. The SMILES string of the molecule is CCS(=O)(=O)N[C@H](C)c1ccc(Cl)cc1. The van der Waals surface area contributed by atoms with E-state index in [1.54, 1.807) is 26.0 Å². The lowest BCUT2D eigenvalue weighted by Crippen LogP contribution is -2.28. The van der Waals surface area contributed by atoms with Crippen molar-refractivity contribution in [3.05, 3.63) is 34.9 Å². The molecule has 0 aliphatic rings. The van der Waals surface area contributed by atoms with Gasteiger partial charge in [-0.1, -0.05) is 23.7 Å². The highest BCUT2D eigenvalue weighted by atomic mass is 35.5. The van der Waals surface area contributed by atoms with Gasteiger partial charge in [-0.25, -0.2) is 13.1 Å². The molecule has 0 amide bonds.